The molecule has 0 atom stereocenters. The molecule has 1 aliphatic rings. The monoisotopic (exact) mass is 526 g/mol. The standard InChI is InChI=1S/C38H26N2O/c1-38(2)31-13-5-3-9-26(31)27-18-16-23(21-32(27)38)25-11-7-15-34-36(25)30-19-17-24(22-35(30)41-34)40-33-14-6-4-10-28(33)29-12-8-20-39-37(29)40/h3-22H,1-2H3. The molecule has 0 radical (unpaired) electrons. The fourth-order valence-electron chi connectivity index (χ4n) is 7.12. The van der Waals surface area contributed by atoms with Gasteiger partial charge in [-0.05, 0) is 75.8 Å². The molecule has 0 N–H and O–H groups in total. The average Bonchev–Trinajstić information content (AvgIpc) is 3.63. The van der Waals surface area contributed by atoms with Crippen LogP contribution in [0.3, 0.4) is 0 Å². The van der Waals surface area contributed by atoms with Crippen LogP contribution in [0.2, 0.25) is 0 Å². The lowest BCUT2D eigenvalue weighted by molar-refractivity contribution is 0.660. The predicted molar refractivity (Wildman–Crippen MR) is 169 cm³/mol. The van der Waals surface area contributed by atoms with E-state index in [1.54, 1.807) is 0 Å². The van der Waals surface area contributed by atoms with Crippen LogP contribution in [0.15, 0.2) is 126 Å². The number of nitrogens with zero attached hydrogens (tertiary/aromatic N) is 2. The second-order valence-electron chi connectivity index (χ2n) is 11.6. The molecule has 3 heterocycles. The van der Waals surface area contributed by atoms with Crippen LogP contribution in [0.25, 0.3) is 71.8 Å². The van der Waals surface area contributed by atoms with Crippen LogP contribution >= 0.6 is 0 Å². The van der Waals surface area contributed by atoms with Gasteiger partial charge in [0.05, 0.1) is 11.2 Å². The van der Waals surface area contributed by atoms with Crippen molar-refractivity contribution < 1.29 is 4.42 Å². The number of hydrogen-bond donors (Lipinski definition) is 0. The van der Waals surface area contributed by atoms with Crippen LogP contribution in [0.5, 0.6) is 0 Å². The van der Waals surface area contributed by atoms with E-state index in [2.05, 4.69) is 128 Å². The van der Waals surface area contributed by atoms with Crippen LogP contribution in [0.4, 0.5) is 0 Å². The van der Waals surface area contributed by atoms with Gasteiger partial charge >= 0.3 is 0 Å². The van der Waals surface area contributed by atoms with Crippen molar-refractivity contribution in [3.8, 4) is 27.9 Å². The number of aromatic nitrogens is 2. The molecule has 5 aromatic carbocycles. The number of hydrogen-bond acceptors (Lipinski definition) is 2. The molecular formula is C38H26N2O. The quantitative estimate of drug-likeness (QED) is 0.224. The van der Waals surface area contributed by atoms with Crippen LogP contribution in [-0.4, -0.2) is 9.55 Å². The molecule has 0 bridgehead atoms. The van der Waals surface area contributed by atoms with E-state index in [0.717, 1.165) is 44.2 Å². The SMILES string of the molecule is CC1(C)c2ccccc2-c2ccc(-c3cccc4oc5cc(-n6c7ccccc7c7cccnc76)ccc5c34)cc21. The largest absolute Gasteiger partial charge is 0.456 e. The molecule has 8 aromatic rings. The Morgan fingerprint density at radius 1 is 0.610 bits per heavy atom. The van der Waals surface area contributed by atoms with Gasteiger partial charge < -0.3 is 4.42 Å². The first-order chi connectivity index (χ1) is 20.1. The Labute approximate surface area is 237 Å². The van der Waals surface area contributed by atoms with Crippen LogP contribution in [-0.2, 0) is 5.41 Å². The summed E-state index contributed by atoms with van der Waals surface area (Å²) in [7, 11) is 0. The van der Waals surface area contributed by atoms with E-state index >= 15 is 0 Å². The molecule has 0 saturated carbocycles. The number of furan rings is 1. The molecule has 0 unspecified atom stereocenters. The third-order valence-corrected chi connectivity index (χ3v) is 9.07. The zero-order valence-electron chi connectivity index (χ0n) is 22.8. The van der Waals surface area contributed by atoms with Crippen molar-refractivity contribution in [1.82, 2.24) is 9.55 Å². The normalized spacial score (nSPS) is 13.8. The maximum atomic E-state index is 6.53. The van der Waals surface area contributed by atoms with Crippen molar-refractivity contribution in [1.29, 1.82) is 0 Å². The highest BCUT2D eigenvalue weighted by molar-refractivity contribution is 6.13. The molecule has 3 heteroatoms. The van der Waals surface area contributed by atoms with Crippen molar-refractivity contribution in [2.45, 2.75) is 19.3 Å². The van der Waals surface area contributed by atoms with Gasteiger partial charge in [0.1, 0.15) is 16.8 Å². The Balaban J connectivity index is 1.24. The molecule has 0 amide bonds. The molecule has 3 nitrogen and oxygen atoms in total. The summed E-state index contributed by atoms with van der Waals surface area (Å²) in [5.74, 6) is 0. The Morgan fingerprint density at radius 2 is 1.41 bits per heavy atom. The summed E-state index contributed by atoms with van der Waals surface area (Å²) in [5.41, 5.74) is 12.7. The zero-order chi connectivity index (χ0) is 27.3. The van der Waals surface area contributed by atoms with E-state index < -0.39 is 0 Å². The Kier molecular flexibility index (Phi) is 4.39. The third kappa shape index (κ3) is 3.01. The molecule has 41 heavy (non-hydrogen) atoms. The number of pyridine rings is 1. The van der Waals surface area contributed by atoms with Gasteiger partial charge in [0.25, 0.3) is 0 Å². The zero-order valence-corrected chi connectivity index (χ0v) is 22.8. The van der Waals surface area contributed by atoms with Crippen LogP contribution in [0, 0.1) is 0 Å². The number of benzene rings is 5. The summed E-state index contributed by atoms with van der Waals surface area (Å²) < 4.78 is 8.76. The van der Waals surface area contributed by atoms with Crippen molar-refractivity contribution in [2.75, 3.05) is 0 Å². The number of fused-ring (bicyclic) bond motifs is 9. The van der Waals surface area contributed by atoms with Crippen LogP contribution < -0.4 is 0 Å². The molecule has 0 fully saturated rings. The Hall–Kier alpha value is -5.15. The van der Waals surface area contributed by atoms with Crippen molar-refractivity contribution in [2.24, 2.45) is 0 Å². The minimum atomic E-state index is -0.0421. The number of rotatable bonds is 2. The van der Waals surface area contributed by atoms with E-state index in [1.165, 1.54) is 38.8 Å². The van der Waals surface area contributed by atoms with Gasteiger partial charge in [-0.25, -0.2) is 4.98 Å². The number of para-hydroxylation sites is 1. The third-order valence-electron chi connectivity index (χ3n) is 9.07. The fourth-order valence-corrected chi connectivity index (χ4v) is 7.12. The van der Waals surface area contributed by atoms with Gasteiger partial charge in [0.2, 0.25) is 0 Å². The summed E-state index contributed by atoms with van der Waals surface area (Å²) in [6.07, 6.45) is 1.86. The highest BCUT2D eigenvalue weighted by atomic mass is 16.3. The van der Waals surface area contributed by atoms with E-state index in [1.807, 2.05) is 12.3 Å². The Morgan fingerprint density at radius 3 is 2.37 bits per heavy atom. The van der Waals surface area contributed by atoms with Crippen molar-refractivity contribution >= 4 is 43.9 Å². The maximum absolute atomic E-state index is 6.53. The molecular weight excluding hydrogens is 500 g/mol. The second-order valence-corrected chi connectivity index (χ2v) is 11.6. The molecule has 3 aromatic heterocycles. The maximum Gasteiger partial charge on any atom is 0.145 e. The lowest BCUT2D eigenvalue weighted by Crippen LogP contribution is -2.14. The summed E-state index contributed by atoms with van der Waals surface area (Å²) >= 11 is 0. The first kappa shape index (κ1) is 22.6. The molecule has 0 saturated heterocycles. The van der Waals surface area contributed by atoms with Crippen molar-refractivity contribution in [3.05, 3.63) is 133 Å². The average molecular weight is 527 g/mol. The van der Waals surface area contributed by atoms with E-state index in [9.17, 15) is 0 Å². The smallest absolute Gasteiger partial charge is 0.145 e. The highest BCUT2D eigenvalue weighted by Crippen LogP contribution is 2.50. The lowest BCUT2D eigenvalue weighted by atomic mass is 9.81. The topological polar surface area (TPSA) is 31.0 Å². The summed E-state index contributed by atoms with van der Waals surface area (Å²) in [6, 6.07) is 41.3. The molecule has 1 aliphatic carbocycles. The minimum absolute atomic E-state index is 0.0421. The predicted octanol–water partition coefficient (Wildman–Crippen LogP) is 10.1. The lowest BCUT2D eigenvalue weighted by Gasteiger charge is -2.22. The molecule has 194 valence electrons. The van der Waals surface area contributed by atoms with Gasteiger partial charge in [-0.1, -0.05) is 80.6 Å². The van der Waals surface area contributed by atoms with E-state index in [0.29, 0.717) is 0 Å². The fraction of sp³-hybridized carbons (Fsp3) is 0.0789. The molecule has 9 rings (SSSR count). The van der Waals surface area contributed by atoms with Crippen molar-refractivity contribution in [3.63, 3.8) is 0 Å². The first-order valence-electron chi connectivity index (χ1n) is 14.1. The van der Waals surface area contributed by atoms with Gasteiger partial charge in [-0.2, -0.15) is 0 Å². The molecule has 0 spiro atoms. The first-order valence-corrected chi connectivity index (χ1v) is 14.1. The van der Waals surface area contributed by atoms with Gasteiger partial charge in [-0.3, -0.25) is 4.57 Å². The van der Waals surface area contributed by atoms with E-state index in [4.69, 9.17) is 9.40 Å². The van der Waals surface area contributed by atoms with Gasteiger partial charge in [0, 0.05) is 39.2 Å². The van der Waals surface area contributed by atoms with Gasteiger partial charge in [0.15, 0.2) is 0 Å². The van der Waals surface area contributed by atoms with Crippen LogP contribution in [0.1, 0.15) is 25.0 Å². The summed E-state index contributed by atoms with van der Waals surface area (Å²) in [5, 5.41) is 4.62. The van der Waals surface area contributed by atoms with E-state index in [-0.39, 0.29) is 5.41 Å². The second kappa shape index (κ2) is 7.96. The highest BCUT2D eigenvalue weighted by Gasteiger charge is 2.35. The Bertz CT molecular complexity index is 2300. The summed E-state index contributed by atoms with van der Waals surface area (Å²) in [4.78, 5) is 4.76. The summed E-state index contributed by atoms with van der Waals surface area (Å²) in [6.45, 7) is 4.67. The van der Waals surface area contributed by atoms with Gasteiger partial charge in [-0.15, -0.1) is 0 Å². The molecule has 0 aliphatic heterocycles. The minimum Gasteiger partial charge on any atom is -0.456 e.